The minimum Gasteiger partial charge on any atom is -0.479 e. The molecule has 5 nitrogen and oxygen atoms in total. The highest BCUT2D eigenvalue weighted by molar-refractivity contribution is 6.24. The standard InChI is InChI=1S/C22H14FNO4/c23-13-9-10-14-17(11-13)20(25)15-7-4-8-16(18(14)15)21(26)24-19(22(27)28)12-5-2-1-3-6-12/h1-11,19H,(H,24,26)(H,27,28). The van der Waals surface area contributed by atoms with Crippen molar-refractivity contribution in [2.75, 3.05) is 0 Å². The van der Waals surface area contributed by atoms with Crippen LogP contribution in [0.15, 0.2) is 66.7 Å². The highest BCUT2D eigenvalue weighted by Crippen LogP contribution is 2.39. The number of fused-ring (bicyclic) bond motifs is 3. The first-order chi connectivity index (χ1) is 13.5. The van der Waals surface area contributed by atoms with Crippen LogP contribution in [-0.2, 0) is 4.79 Å². The monoisotopic (exact) mass is 375 g/mol. The topological polar surface area (TPSA) is 83.5 Å². The molecule has 1 unspecified atom stereocenters. The summed E-state index contributed by atoms with van der Waals surface area (Å²) < 4.78 is 13.6. The SMILES string of the molecule is O=C(NC(C(=O)O)c1ccccc1)c1cccc2c1-c1ccc(F)cc1C2=O. The van der Waals surface area contributed by atoms with Crippen LogP contribution in [0, 0.1) is 5.82 Å². The quantitative estimate of drug-likeness (QED) is 0.571. The number of nitrogens with one attached hydrogen (secondary N) is 1. The second-order valence-electron chi connectivity index (χ2n) is 6.40. The summed E-state index contributed by atoms with van der Waals surface area (Å²) in [6.45, 7) is 0. The number of halogens is 1. The molecule has 2 N–H and O–H groups in total. The number of hydrogen-bond donors (Lipinski definition) is 2. The molecule has 4 rings (SSSR count). The lowest BCUT2D eigenvalue weighted by atomic mass is 9.98. The van der Waals surface area contributed by atoms with Crippen LogP contribution in [0.5, 0.6) is 0 Å². The maximum atomic E-state index is 13.6. The first-order valence-corrected chi connectivity index (χ1v) is 8.53. The summed E-state index contributed by atoms with van der Waals surface area (Å²) in [5.41, 5.74) is 1.91. The molecule has 6 heteroatoms. The van der Waals surface area contributed by atoms with Crippen LogP contribution in [0.25, 0.3) is 11.1 Å². The third-order valence-corrected chi connectivity index (χ3v) is 4.70. The van der Waals surface area contributed by atoms with Crippen molar-refractivity contribution >= 4 is 17.7 Å². The summed E-state index contributed by atoms with van der Waals surface area (Å²) >= 11 is 0. The van der Waals surface area contributed by atoms with E-state index in [2.05, 4.69) is 5.32 Å². The molecule has 1 aliphatic carbocycles. The number of carboxylic acid groups (broad SMARTS) is 1. The van der Waals surface area contributed by atoms with Crippen molar-refractivity contribution in [3.63, 3.8) is 0 Å². The Morgan fingerprint density at radius 2 is 1.64 bits per heavy atom. The highest BCUT2D eigenvalue weighted by atomic mass is 19.1. The number of carbonyl (C=O) groups is 3. The molecule has 0 aromatic heterocycles. The number of rotatable bonds is 4. The van der Waals surface area contributed by atoms with Crippen molar-refractivity contribution in [1.29, 1.82) is 0 Å². The lowest BCUT2D eigenvalue weighted by Gasteiger charge is -2.16. The maximum Gasteiger partial charge on any atom is 0.330 e. The molecule has 0 radical (unpaired) electrons. The normalized spacial score (nSPS) is 12.8. The zero-order valence-corrected chi connectivity index (χ0v) is 14.5. The zero-order chi connectivity index (χ0) is 19.8. The molecule has 3 aromatic rings. The van der Waals surface area contributed by atoms with Gasteiger partial charge in [-0.3, -0.25) is 9.59 Å². The molecule has 3 aromatic carbocycles. The third-order valence-electron chi connectivity index (χ3n) is 4.70. The predicted octanol–water partition coefficient (Wildman–Crippen LogP) is 3.59. The molecule has 1 atom stereocenters. The minimum absolute atomic E-state index is 0.165. The average Bonchev–Trinajstić information content (AvgIpc) is 2.98. The maximum absolute atomic E-state index is 13.6. The molecule has 0 saturated carbocycles. The largest absolute Gasteiger partial charge is 0.479 e. The fraction of sp³-hybridized carbons (Fsp3) is 0.0455. The van der Waals surface area contributed by atoms with Gasteiger partial charge in [0, 0.05) is 22.3 Å². The van der Waals surface area contributed by atoms with Crippen molar-refractivity contribution in [1.82, 2.24) is 5.32 Å². The first kappa shape index (κ1) is 17.6. The molecule has 0 spiro atoms. The third kappa shape index (κ3) is 2.85. The van der Waals surface area contributed by atoms with E-state index in [1.807, 2.05) is 0 Å². The van der Waals surface area contributed by atoms with Crippen molar-refractivity contribution in [3.8, 4) is 11.1 Å². The molecule has 0 heterocycles. The molecule has 1 amide bonds. The van der Waals surface area contributed by atoms with Gasteiger partial charge in [-0.05, 0) is 29.3 Å². The summed E-state index contributed by atoms with van der Waals surface area (Å²) in [4.78, 5) is 37.2. The van der Waals surface area contributed by atoms with Gasteiger partial charge in [-0.25, -0.2) is 9.18 Å². The fourth-order valence-electron chi connectivity index (χ4n) is 3.43. The Balaban J connectivity index is 1.76. The summed E-state index contributed by atoms with van der Waals surface area (Å²) in [7, 11) is 0. The van der Waals surface area contributed by atoms with Crippen LogP contribution in [0.1, 0.15) is 37.9 Å². The summed E-state index contributed by atoms with van der Waals surface area (Å²) in [5.74, 6) is -2.73. The number of ketones is 1. The van der Waals surface area contributed by atoms with Crippen LogP contribution in [0.4, 0.5) is 4.39 Å². The van der Waals surface area contributed by atoms with Gasteiger partial charge in [-0.2, -0.15) is 0 Å². The van der Waals surface area contributed by atoms with E-state index in [0.29, 0.717) is 22.3 Å². The molecule has 0 saturated heterocycles. The van der Waals surface area contributed by atoms with Crippen molar-refractivity contribution in [3.05, 3.63) is 94.8 Å². The molecular weight excluding hydrogens is 361 g/mol. The Morgan fingerprint density at radius 3 is 2.36 bits per heavy atom. The van der Waals surface area contributed by atoms with E-state index in [9.17, 15) is 23.9 Å². The number of hydrogen-bond acceptors (Lipinski definition) is 3. The van der Waals surface area contributed by atoms with Gasteiger partial charge in [-0.15, -0.1) is 0 Å². The van der Waals surface area contributed by atoms with Crippen LogP contribution < -0.4 is 5.32 Å². The summed E-state index contributed by atoms with van der Waals surface area (Å²) in [6, 6.07) is 15.5. The Bertz CT molecular complexity index is 1120. The Labute approximate surface area is 159 Å². The molecular formula is C22H14FNO4. The van der Waals surface area contributed by atoms with Gasteiger partial charge in [0.1, 0.15) is 5.82 Å². The Kier molecular flexibility index (Phi) is 4.24. The zero-order valence-electron chi connectivity index (χ0n) is 14.5. The lowest BCUT2D eigenvalue weighted by molar-refractivity contribution is -0.139. The minimum atomic E-state index is -1.24. The fourth-order valence-corrected chi connectivity index (χ4v) is 3.43. The number of carbonyl (C=O) groups excluding carboxylic acids is 2. The van der Waals surface area contributed by atoms with Crippen LogP contribution in [0.3, 0.4) is 0 Å². The predicted molar refractivity (Wildman–Crippen MR) is 99.6 cm³/mol. The van der Waals surface area contributed by atoms with E-state index < -0.39 is 23.7 Å². The van der Waals surface area contributed by atoms with Crippen molar-refractivity contribution < 1.29 is 23.9 Å². The first-order valence-electron chi connectivity index (χ1n) is 8.53. The lowest BCUT2D eigenvalue weighted by Crippen LogP contribution is -2.34. The van der Waals surface area contributed by atoms with E-state index in [-0.39, 0.29) is 16.9 Å². The summed E-state index contributed by atoms with van der Waals surface area (Å²) in [5, 5.41) is 12.0. The van der Waals surface area contributed by atoms with Gasteiger partial charge < -0.3 is 10.4 Å². The molecule has 0 fully saturated rings. The van der Waals surface area contributed by atoms with Gasteiger partial charge >= 0.3 is 5.97 Å². The number of aliphatic carboxylic acids is 1. The second-order valence-corrected chi connectivity index (χ2v) is 6.40. The van der Waals surface area contributed by atoms with Crippen LogP contribution in [-0.4, -0.2) is 22.8 Å². The van der Waals surface area contributed by atoms with E-state index >= 15 is 0 Å². The van der Waals surface area contributed by atoms with Gasteiger partial charge in [0.05, 0.1) is 0 Å². The van der Waals surface area contributed by atoms with Crippen molar-refractivity contribution in [2.24, 2.45) is 0 Å². The number of benzene rings is 3. The van der Waals surface area contributed by atoms with Crippen LogP contribution in [0.2, 0.25) is 0 Å². The van der Waals surface area contributed by atoms with Gasteiger partial charge in [0.15, 0.2) is 11.8 Å². The molecule has 138 valence electrons. The Hall–Kier alpha value is -3.80. The van der Waals surface area contributed by atoms with E-state index in [4.69, 9.17) is 0 Å². The molecule has 28 heavy (non-hydrogen) atoms. The second kappa shape index (κ2) is 6.74. The van der Waals surface area contributed by atoms with E-state index in [1.165, 1.54) is 18.2 Å². The molecule has 0 bridgehead atoms. The average molecular weight is 375 g/mol. The van der Waals surface area contributed by atoms with Gasteiger partial charge in [-0.1, -0.05) is 48.5 Å². The number of carboxylic acids is 1. The van der Waals surface area contributed by atoms with E-state index in [0.717, 1.165) is 6.07 Å². The van der Waals surface area contributed by atoms with Gasteiger partial charge in [0.25, 0.3) is 5.91 Å². The molecule has 1 aliphatic rings. The van der Waals surface area contributed by atoms with Gasteiger partial charge in [0.2, 0.25) is 0 Å². The highest BCUT2D eigenvalue weighted by Gasteiger charge is 2.32. The Morgan fingerprint density at radius 1 is 0.893 bits per heavy atom. The van der Waals surface area contributed by atoms with E-state index in [1.54, 1.807) is 42.5 Å². The van der Waals surface area contributed by atoms with Crippen LogP contribution >= 0.6 is 0 Å². The smallest absolute Gasteiger partial charge is 0.330 e. The summed E-state index contributed by atoms with van der Waals surface area (Å²) in [6.07, 6.45) is 0. The number of amides is 1. The molecule has 0 aliphatic heterocycles. The van der Waals surface area contributed by atoms with Crippen molar-refractivity contribution in [2.45, 2.75) is 6.04 Å².